The lowest BCUT2D eigenvalue weighted by Gasteiger charge is -2.31. The van der Waals surface area contributed by atoms with Gasteiger partial charge in [0.2, 0.25) is 5.91 Å². The highest BCUT2D eigenvalue weighted by Crippen LogP contribution is 2.26. The van der Waals surface area contributed by atoms with Crippen LogP contribution in [0.1, 0.15) is 43.2 Å². The van der Waals surface area contributed by atoms with Gasteiger partial charge in [-0.25, -0.2) is 4.39 Å². The van der Waals surface area contributed by atoms with E-state index in [0.717, 1.165) is 37.7 Å². The van der Waals surface area contributed by atoms with E-state index in [0.29, 0.717) is 12.1 Å². The first-order valence-electron chi connectivity index (χ1n) is 6.83. The number of amides is 1. The van der Waals surface area contributed by atoms with Gasteiger partial charge in [0, 0.05) is 6.54 Å². The molecule has 0 heterocycles. The average molecular weight is 264 g/mol. The number of nitrogens with one attached hydrogen (secondary N) is 1. The van der Waals surface area contributed by atoms with Gasteiger partial charge in [0.25, 0.3) is 0 Å². The lowest BCUT2D eigenvalue weighted by molar-refractivity contribution is -0.127. The lowest BCUT2D eigenvalue weighted by Crippen LogP contribution is -2.54. The second-order valence-electron chi connectivity index (χ2n) is 5.48. The minimum absolute atomic E-state index is 0.0887. The first kappa shape index (κ1) is 14.0. The molecule has 0 atom stereocenters. The molecule has 3 N–H and O–H groups in total. The van der Waals surface area contributed by atoms with Crippen LogP contribution >= 0.6 is 0 Å². The number of carbonyl (C=O) groups is 1. The number of nitrogens with two attached hydrogens (primary N) is 1. The van der Waals surface area contributed by atoms with Gasteiger partial charge >= 0.3 is 0 Å². The smallest absolute Gasteiger partial charge is 0.240 e. The Hall–Kier alpha value is -1.42. The molecular formula is C15H21FN2O. The van der Waals surface area contributed by atoms with Gasteiger partial charge in [0.1, 0.15) is 5.82 Å². The van der Waals surface area contributed by atoms with Gasteiger partial charge in [-0.2, -0.15) is 0 Å². The minimum Gasteiger partial charge on any atom is -0.350 e. The molecule has 0 aliphatic heterocycles. The van der Waals surface area contributed by atoms with Crippen LogP contribution in [0.25, 0.3) is 0 Å². The summed E-state index contributed by atoms with van der Waals surface area (Å²) in [5.74, 6) is -0.313. The van der Waals surface area contributed by atoms with Crippen molar-refractivity contribution in [1.82, 2.24) is 5.32 Å². The SMILES string of the molecule is Cc1cc(CNC(=O)C2(N)CCCCC2)ccc1F. The zero-order chi connectivity index (χ0) is 13.9. The Morgan fingerprint density at radius 2 is 2.05 bits per heavy atom. The predicted molar refractivity (Wildman–Crippen MR) is 73.0 cm³/mol. The molecule has 1 aliphatic carbocycles. The van der Waals surface area contributed by atoms with Crippen molar-refractivity contribution in [3.63, 3.8) is 0 Å². The summed E-state index contributed by atoms with van der Waals surface area (Å²) in [5.41, 5.74) is 6.92. The molecule has 1 fully saturated rings. The Morgan fingerprint density at radius 3 is 2.68 bits per heavy atom. The summed E-state index contributed by atoms with van der Waals surface area (Å²) in [6.07, 6.45) is 4.69. The zero-order valence-corrected chi connectivity index (χ0v) is 11.3. The summed E-state index contributed by atoms with van der Waals surface area (Å²) in [6, 6.07) is 4.86. The highest BCUT2D eigenvalue weighted by atomic mass is 19.1. The summed E-state index contributed by atoms with van der Waals surface area (Å²) in [6.45, 7) is 2.12. The van der Waals surface area contributed by atoms with Crippen LogP contribution < -0.4 is 11.1 Å². The standard InChI is InChI=1S/C15H21FN2O/c1-11-9-12(5-6-13(11)16)10-18-14(19)15(17)7-3-2-4-8-15/h5-6,9H,2-4,7-8,10,17H2,1H3,(H,18,19). The molecule has 104 valence electrons. The Labute approximate surface area is 113 Å². The molecule has 1 aromatic rings. The van der Waals surface area contributed by atoms with Crippen molar-refractivity contribution in [3.05, 3.63) is 35.1 Å². The van der Waals surface area contributed by atoms with Gasteiger partial charge in [0.05, 0.1) is 5.54 Å². The van der Waals surface area contributed by atoms with Crippen molar-refractivity contribution in [2.75, 3.05) is 0 Å². The number of aryl methyl sites for hydroxylation is 1. The average Bonchev–Trinajstić information content (AvgIpc) is 2.40. The summed E-state index contributed by atoms with van der Waals surface area (Å²) in [4.78, 5) is 12.1. The normalized spacial score (nSPS) is 18.1. The number of rotatable bonds is 3. The molecule has 1 saturated carbocycles. The molecule has 4 heteroatoms. The van der Waals surface area contributed by atoms with Crippen molar-refractivity contribution in [3.8, 4) is 0 Å². The van der Waals surface area contributed by atoms with Gasteiger partial charge in [-0.3, -0.25) is 4.79 Å². The van der Waals surface area contributed by atoms with Gasteiger partial charge in [-0.1, -0.05) is 31.4 Å². The van der Waals surface area contributed by atoms with Crippen LogP contribution in [-0.2, 0) is 11.3 Å². The van der Waals surface area contributed by atoms with Crippen LogP contribution in [0.5, 0.6) is 0 Å². The van der Waals surface area contributed by atoms with Crippen molar-refractivity contribution in [2.24, 2.45) is 5.73 Å². The van der Waals surface area contributed by atoms with E-state index in [1.165, 1.54) is 6.07 Å². The minimum atomic E-state index is -0.715. The van der Waals surface area contributed by atoms with Crippen molar-refractivity contribution in [1.29, 1.82) is 0 Å². The third kappa shape index (κ3) is 3.32. The van der Waals surface area contributed by atoms with Crippen LogP contribution in [0.15, 0.2) is 18.2 Å². The van der Waals surface area contributed by atoms with Crippen LogP contribution in [0.2, 0.25) is 0 Å². The molecule has 0 aromatic heterocycles. The number of carbonyl (C=O) groups excluding carboxylic acids is 1. The largest absolute Gasteiger partial charge is 0.350 e. The van der Waals surface area contributed by atoms with Crippen molar-refractivity contribution < 1.29 is 9.18 Å². The van der Waals surface area contributed by atoms with E-state index in [4.69, 9.17) is 5.73 Å². The topological polar surface area (TPSA) is 55.1 Å². The van der Waals surface area contributed by atoms with Crippen LogP contribution in [0, 0.1) is 12.7 Å². The number of benzene rings is 1. The van der Waals surface area contributed by atoms with Gasteiger partial charge in [0.15, 0.2) is 0 Å². The van der Waals surface area contributed by atoms with Crippen LogP contribution in [0.3, 0.4) is 0 Å². The van der Waals surface area contributed by atoms with E-state index >= 15 is 0 Å². The molecule has 19 heavy (non-hydrogen) atoms. The highest BCUT2D eigenvalue weighted by molar-refractivity contribution is 5.86. The summed E-state index contributed by atoms with van der Waals surface area (Å²) < 4.78 is 13.1. The second-order valence-corrected chi connectivity index (χ2v) is 5.48. The molecular weight excluding hydrogens is 243 g/mol. The van der Waals surface area contributed by atoms with Crippen molar-refractivity contribution in [2.45, 2.75) is 51.1 Å². The summed E-state index contributed by atoms with van der Waals surface area (Å²) in [7, 11) is 0. The van der Waals surface area contributed by atoms with Crippen LogP contribution in [-0.4, -0.2) is 11.4 Å². The molecule has 0 spiro atoms. The summed E-state index contributed by atoms with van der Waals surface area (Å²) >= 11 is 0. The predicted octanol–water partition coefficient (Wildman–Crippen LogP) is 2.41. The Kier molecular flexibility index (Phi) is 4.20. The third-order valence-electron chi connectivity index (χ3n) is 3.87. The Balaban J connectivity index is 1.94. The monoisotopic (exact) mass is 264 g/mol. The van der Waals surface area contributed by atoms with Gasteiger partial charge in [-0.15, -0.1) is 0 Å². The fraction of sp³-hybridized carbons (Fsp3) is 0.533. The quantitative estimate of drug-likeness (QED) is 0.881. The number of hydrogen-bond donors (Lipinski definition) is 2. The maximum Gasteiger partial charge on any atom is 0.240 e. The fourth-order valence-corrected chi connectivity index (χ4v) is 2.58. The fourth-order valence-electron chi connectivity index (χ4n) is 2.58. The first-order chi connectivity index (χ1) is 9.01. The van der Waals surface area contributed by atoms with E-state index in [9.17, 15) is 9.18 Å². The molecule has 0 radical (unpaired) electrons. The second kappa shape index (κ2) is 5.70. The lowest BCUT2D eigenvalue weighted by atomic mass is 9.82. The van der Waals surface area contributed by atoms with E-state index < -0.39 is 5.54 Å². The van der Waals surface area contributed by atoms with E-state index in [1.807, 2.05) is 0 Å². The van der Waals surface area contributed by atoms with E-state index in [2.05, 4.69) is 5.32 Å². The summed E-state index contributed by atoms with van der Waals surface area (Å²) in [5, 5.41) is 2.87. The molecule has 1 amide bonds. The Bertz CT molecular complexity index is 467. The van der Waals surface area contributed by atoms with Gasteiger partial charge in [-0.05, 0) is 37.0 Å². The molecule has 0 bridgehead atoms. The maximum atomic E-state index is 13.1. The van der Waals surface area contributed by atoms with E-state index in [1.54, 1.807) is 19.1 Å². The molecule has 1 aliphatic rings. The third-order valence-corrected chi connectivity index (χ3v) is 3.87. The van der Waals surface area contributed by atoms with Crippen molar-refractivity contribution >= 4 is 5.91 Å². The van der Waals surface area contributed by atoms with E-state index in [-0.39, 0.29) is 11.7 Å². The van der Waals surface area contributed by atoms with Crippen LogP contribution in [0.4, 0.5) is 4.39 Å². The maximum absolute atomic E-state index is 13.1. The molecule has 0 unspecified atom stereocenters. The molecule has 1 aromatic carbocycles. The number of halogens is 1. The highest BCUT2D eigenvalue weighted by Gasteiger charge is 2.34. The molecule has 2 rings (SSSR count). The first-order valence-corrected chi connectivity index (χ1v) is 6.83. The molecule has 0 saturated heterocycles. The number of hydrogen-bond acceptors (Lipinski definition) is 2. The molecule has 3 nitrogen and oxygen atoms in total. The van der Waals surface area contributed by atoms with Gasteiger partial charge < -0.3 is 11.1 Å². The Morgan fingerprint density at radius 1 is 1.37 bits per heavy atom. The zero-order valence-electron chi connectivity index (χ0n) is 11.3.